The van der Waals surface area contributed by atoms with Crippen molar-refractivity contribution in [2.24, 2.45) is 11.8 Å². The van der Waals surface area contributed by atoms with Crippen molar-refractivity contribution in [3.8, 4) is 5.75 Å². The molecule has 1 aliphatic rings. The van der Waals surface area contributed by atoms with E-state index < -0.39 is 0 Å². The van der Waals surface area contributed by atoms with E-state index in [0.29, 0.717) is 5.92 Å². The average Bonchev–Trinajstić information content (AvgIpc) is 2.95. The molecule has 0 saturated heterocycles. The maximum atomic E-state index is 11.9. The number of carbonyl (C=O) groups is 1. The number of ether oxygens (including phenoxy) is 1. The second kappa shape index (κ2) is 4.28. The lowest BCUT2D eigenvalue weighted by Gasteiger charge is -2.09. The number of carbonyl (C=O) groups excluding carboxylic acids is 1. The van der Waals surface area contributed by atoms with Crippen molar-refractivity contribution >= 4 is 5.78 Å². The number of hydrogen-bond donors (Lipinski definition) is 0. The maximum Gasteiger partial charge on any atom is 0.166 e. The van der Waals surface area contributed by atoms with Crippen LogP contribution in [0.3, 0.4) is 0 Å². The third kappa shape index (κ3) is 2.43. The van der Waals surface area contributed by atoms with Crippen molar-refractivity contribution < 1.29 is 9.53 Å². The molecule has 1 aliphatic carbocycles. The highest BCUT2D eigenvalue weighted by molar-refractivity contribution is 5.99. The maximum absolute atomic E-state index is 11.9. The highest BCUT2D eigenvalue weighted by Gasteiger charge is 2.39. The van der Waals surface area contributed by atoms with Crippen LogP contribution in [-0.4, -0.2) is 11.9 Å². The SMILES string of the molecule is CC(C)Oc1ccc(C(=O)C2CC2C)cc1. The molecular formula is C14H18O2. The fraction of sp³-hybridized carbons (Fsp3) is 0.500. The van der Waals surface area contributed by atoms with Crippen molar-refractivity contribution in [1.29, 1.82) is 0 Å². The van der Waals surface area contributed by atoms with Gasteiger partial charge in [-0.05, 0) is 50.5 Å². The molecule has 86 valence electrons. The minimum atomic E-state index is 0.171. The van der Waals surface area contributed by atoms with Gasteiger partial charge >= 0.3 is 0 Å². The van der Waals surface area contributed by atoms with Crippen LogP contribution in [0.5, 0.6) is 5.75 Å². The number of benzene rings is 1. The molecule has 0 N–H and O–H groups in total. The van der Waals surface area contributed by atoms with E-state index >= 15 is 0 Å². The third-order valence-corrected chi connectivity index (χ3v) is 2.96. The molecule has 0 heterocycles. The molecule has 0 bridgehead atoms. The molecule has 0 aliphatic heterocycles. The Kier molecular flexibility index (Phi) is 2.99. The Bertz CT molecular complexity index is 378. The smallest absolute Gasteiger partial charge is 0.166 e. The number of rotatable bonds is 4. The van der Waals surface area contributed by atoms with Crippen LogP contribution in [0.4, 0.5) is 0 Å². The van der Waals surface area contributed by atoms with Gasteiger partial charge in [-0.3, -0.25) is 4.79 Å². The zero-order valence-electron chi connectivity index (χ0n) is 10.1. The largest absolute Gasteiger partial charge is 0.491 e. The predicted octanol–water partition coefficient (Wildman–Crippen LogP) is 3.31. The summed E-state index contributed by atoms with van der Waals surface area (Å²) in [5.74, 6) is 1.94. The van der Waals surface area contributed by atoms with Gasteiger partial charge in [0.15, 0.2) is 5.78 Å². The predicted molar refractivity (Wildman–Crippen MR) is 63.8 cm³/mol. The van der Waals surface area contributed by atoms with Crippen molar-refractivity contribution in [2.45, 2.75) is 33.3 Å². The van der Waals surface area contributed by atoms with Gasteiger partial charge in [-0.1, -0.05) is 6.92 Å². The van der Waals surface area contributed by atoms with E-state index in [9.17, 15) is 4.79 Å². The second-order valence-corrected chi connectivity index (χ2v) is 4.87. The molecule has 1 aromatic carbocycles. The van der Waals surface area contributed by atoms with Crippen LogP contribution in [0, 0.1) is 11.8 Å². The van der Waals surface area contributed by atoms with Gasteiger partial charge in [0.2, 0.25) is 0 Å². The molecule has 0 radical (unpaired) electrons. The molecule has 2 unspecified atom stereocenters. The summed E-state index contributed by atoms with van der Waals surface area (Å²) in [5.41, 5.74) is 0.811. The number of ketones is 1. The second-order valence-electron chi connectivity index (χ2n) is 4.87. The van der Waals surface area contributed by atoms with Crippen LogP contribution in [-0.2, 0) is 0 Å². The van der Waals surface area contributed by atoms with Crippen LogP contribution < -0.4 is 4.74 Å². The molecule has 0 aromatic heterocycles. The van der Waals surface area contributed by atoms with E-state index in [4.69, 9.17) is 4.74 Å². The molecule has 0 amide bonds. The summed E-state index contributed by atoms with van der Waals surface area (Å²) in [6, 6.07) is 7.48. The van der Waals surface area contributed by atoms with Crippen LogP contribution in [0.2, 0.25) is 0 Å². The summed E-state index contributed by atoms with van der Waals surface area (Å²) >= 11 is 0. The third-order valence-electron chi connectivity index (χ3n) is 2.96. The van der Waals surface area contributed by atoms with Crippen LogP contribution in [0.1, 0.15) is 37.6 Å². The Labute approximate surface area is 96.6 Å². The molecule has 1 fully saturated rings. The highest BCUT2D eigenvalue weighted by atomic mass is 16.5. The average molecular weight is 218 g/mol. The molecular weight excluding hydrogens is 200 g/mol. The number of Topliss-reactive ketones (excluding diaryl/α,β-unsaturated/α-hetero) is 1. The summed E-state index contributed by atoms with van der Waals surface area (Å²) in [6.07, 6.45) is 1.22. The molecule has 1 aromatic rings. The van der Waals surface area contributed by atoms with E-state index in [2.05, 4.69) is 6.92 Å². The van der Waals surface area contributed by atoms with E-state index in [1.54, 1.807) is 0 Å². The van der Waals surface area contributed by atoms with E-state index in [-0.39, 0.29) is 17.8 Å². The fourth-order valence-corrected chi connectivity index (χ4v) is 1.87. The first-order chi connectivity index (χ1) is 7.58. The Hall–Kier alpha value is -1.31. The standard InChI is InChI=1S/C14H18O2/c1-9(2)16-12-6-4-11(5-7-12)14(15)13-8-10(13)3/h4-7,9-10,13H,8H2,1-3H3. The number of hydrogen-bond acceptors (Lipinski definition) is 2. The minimum Gasteiger partial charge on any atom is -0.491 e. The van der Waals surface area contributed by atoms with E-state index in [1.165, 1.54) is 0 Å². The van der Waals surface area contributed by atoms with Gasteiger partial charge in [0.1, 0.15) is 5.75 Å². The molecule has 1 saturated carbocycles. The molecule has 2 nitrogen and oxygen atoms in total. The van der Waals surface area contributed by atoms with Crippen molar-refractivity contribution in [2.75, 3.05) is 0 Å². The van der Waals surface area contributed by atoms with Gasteiger partial charge in [0, 0.05) is 11.5 Å². The summed E-state index contributed by atoms with van der Waals surface area (Å²) < 4.78 is 5.53. The van der Waals surface area contributed by atoms with Gasteiger partial charge < -0.3 is 4.74 Å². The first-order valence-corrected chi connectivity index (χ1v) is 5.89. The quantitative estimate of drug-likeness (QED) is 0.725. The van der Waals surface area contributed by atoms with Crippen LogP contribution >= 0.6 is 0 Å². The van der Waals surface area contributed by atoms with Crippen molar-refractivity contribution in [1.82, 2.24) is 0 Å². The van der Waals surface area contributed by atoms with Gasteiger partial charge in [0.05, 0.1) is 6.10 Å². The Morgan fingerprint density at radius 2 is 1.88 bits per heavy atom. The van der Waals surface area contributed by atoms with Crippen molar-refractivity contribution in [3.63, 3.8) is 0 Å². The lowest BCUT2D eigenvalue weighted by atomic mass is 10.1. The first-order valence-electron chi connectivity index (χ1n) is 5.89. The monoisotopic (exact) mass is 218 g/mol. The van der Waals surface area contributed by atoms with Gasteiger partial charge in [-0.25, -0.2) is 0 Å². The minimum absolute atomic E-state index is 0.171. The van der Waals surface area contributed by atoms with Crippen LogP contribution in [0.25, 0.3) is 0 Å². The Balaban J connectivity index is 2.04. The molecule has 2 rings (SSSR count). The molecule has 2 atom stereocenters. The summed E-state index contributed by atoms with van der Waals surface area (Å²) in [6.45, 7) is 6.11. The summed E-state index contributed by atoms with van der Waals surface area (Å²) in [4.78, 5) is 11.9. The van der Waals surface area contributed by atoms with Gasteiger partial charge in [-0.2, -0.15) is 0 Å². The fourth-order valence-electron chi connectivity index (χ4n) is 1.87. The zero-order valence-corrected chi connectivity index (χ0v) is 10.1. The topological polar surface area (TPSA) is 26.3 Å². The lowest BCUT2D eigenvalue weighted by Crippen LogP contribution is -2.06. The Morgan fingerprint density at radius 3 is 2.31 bits per heavy atom. The summed E-state index contributed by atoms with van der Waals surface area (Å²) in [5, 5.41) is 0. The van der Waals surface area contributed by atoms with Crippen LogP contribution in [0.15, 0.2) is 24.3 Å². The Morgan fingerprint density at radius 1 is 1.31 bits per heavy atom. The highest BCUT2D eigenvalue weighted by Crippen LogP contribution is 2.40. The van der Waals surface area contributed by atoms with E-state index in [1.807, 2.05) is 38.1 Å². The van der Waals surface area contributed by atoms with Gasteiger partial charge in [-0.15, -0.1) is 0 Å². The first kappa shape index (κ1) is 11.2. The van der Waals surface area contributed by atoms with E-state index in [0.717, 1.165) is 17.7 Å². The summed E-state index contributed by atoms with van der Waals surface area (Å²) in [7, 11) is 0. The molecule has 16 heavy (non-hydrogen) atoms. The van der Waals surface area contributed by atoms with Gasteiger partial charge in [0.25, 0.3) is 0 Å². The lowest BCUT2D eigenvalue weighted by molar-refractivity contribution is 0.0962. The molecule has 0 spiro atoms. The van der Waals surface area contributed by atoms with Crippen molar-refractivity contribution in [3.05, 3.63) is 29.8 Å². The normalized spacial score (nSPS) is 23.2. The zero-order chi connectivity index (χ0) is 11.7. The molecule has 2 heteroatoms.